The van der Waals surface area contributed by atoms with Gasteiger partial charge in [0.1, 0.15) is 12.3 Å². The maximum Gasteiger partial charge on any atom is 0.326 e. The number of rotatable bonds is 2. The van der Waals surface area contributed by atoms with Crippen molar-refractivity contribution in [2.24, 2.45) is 0 Å². The van der Waals surface area contributed by atoms with Crippen LogP contribution >= 0.6 is 0 Å². The van der Waals surface area contributed by atoms with Crippen molar-refractivity contribution in [2.75, 3.05) is 6.54 Å². The highest BCUT2D eigenvalue weighted by Gasteiger charge is 2.34. The molecule has 15 heavy (non-hydrogen) atoms. The highest BCUT2D eigenvalue weighted by atomic mass is 16.4. The monoisotopic (exact) mass is 209 g/mol. The fourth-order valence-corrected chi connectivity index (χ4v) is 1.82. The normalized spacial score (nSPS) is 20.5. The first-order chi connectivity index (χ1) is 7.20. The predicted molar refractivity (Wildman–Crippen MR) is 50.4 cm³/mol. The van der Waals surface area contributed by atoms with Gasteiger partial charge in [-0.2, -0.15) is 0 Å². The van der Waals surface area contributed by atoms with Crippen molar-refractivity contribution in [1.82, 2.24) is 4.90 Å². The van der Waals surface area contributed by atoms with Gasteiger partial charge in [0.05, 0.1) is 11.8 Å². The van der Waals surface area contributed by atoms with Crippen molar-refractivity contribution in [3.8, 4) is 0 Å². The van der Waals surface area contributed by atoms with Crippen LogP contribution in [0.5, 0.6) is 0 Å². The second-order valence-electron chi connectivity index (χ2n) is 3.51. The van der Waals surface area contributed by atoms with Crippen LogP contribution in [-0.4, -0.2) is 34.5 Å². The molecule has 80 valence electrons. The number of carbonyl (C=O) groups is 2. The van der Waals surface area contributed by atoms with Gasteiger partial charge in [-0.3, -0.25) is 4.79 Å². The Kier molecular flexibility index (Phi) is 2.45. The Labute approximate surface area is 86.3 Å². The molecule has 0 radical (unpaired) electrons. The van der Waals surface area contributed by atoms with Crippen LogP contribution in [-0.2, 0) is 4.79 Å². The van der Waals surface area contributed by atoms with Crippen molar-refractivity contribution >= 4 is 11.9 Å². The number of nitrogens with zero attached hydrogens (tertiary/aromatic N) is 1. The molecule has 0 saturated carbocycles. The summed E-state index contributed by atoms with van der Waals surface area (Å²) < 4.78 is 4.80. The van der Waals surface area contributed by atoms with Crippen LogP contribution in [0.15, 0.2) is 23.0 Å². The van der Waals surface area contributed by atoms with Gasteiger partial charge in [-0.15, -0.1) is 0 Å². The van der Waals surface area contributed by atoms with Crippen LogP contribution in [0, 0.1) is 0 Å². The van der Waals surface area contributed by atoms with Crippen molar-refractivity contribution in [2.45, 2.75) is 18.9 Å². The second-order valence-corrected chi connectivity index (χ2v) is 3.51. The maximum atomic E-state index is 11.8. The van der Waals surface area contributed by atoms with E-state index in [1.807, 2.05) is 0 Å². The lowest BCUT2D eigenvalue weighted by molar-refractivity contribution is -0.141. The number of carboxylic acids is 1. The second kappa shape index (κ2) is 3.76. The number of carboxylic acid groups (broad SMARTS) is 1. The third-order valence-electron chi connectivity index (χ3n) is 2.57. The van der Waals surface area contributed by atoms with E-state index in [1.54, 1.807) is 6.07 Å². The number of hydrogen-bond acceptors (Lipinski definition) is 3. The molecule has 0 bridgehead atoms. The molecule has 5 nitrogen and oxygen atoms in total. The van der Waals surface area contributed by atoms with E-state index in [1.165, 1.54) is 17.4 Å². The third-order valence-corrected chi connectivity index (χ3v) is 2.57. The Morgan fingerprint density at radius 3 is 2.93 bits per heavy atom. The number of likely N-dealkylation sites (tertiary alicyclic amines) is 1. The molecule has 1 amide bonds. The first kappa shape index (κ1) is 9.76. The summed E-state index contributed by atoms with van der Waals surface area (Å²) in [5.41, 5.74) is 0.406. The van der Waals surface area contributed by atoms with Gasteiger partial charge in [-0.05, 0) is 18.9 Å². The summed E-state index contributed by atoms with van der Waals surface area (Å²) in [5.74, 6) is -1.21. The average molecular weight is 209 g/mol. The summed E-state index contributed by atoms with van der Waals surface area (Å²) in [4.78, 5) is 24.1. The molecule has 1 aromatic heterocycles. The topological polar surface area (TPSA) is 70.8 Å². The van der Waals surface area contributed by atoms with Crippen LogP contribution in [0.4, 0.5) is 0 Å². The van der Waals surface area contributed by atoms with Crippen LogP contribution in [0.2, 0.25) is 0 Å². The summed E-state index contributed by atoms with van der Waals surface area (Å²) in [6, 6.07) is 0.854. The van der Waals surface area contributed by atoms with E-state index in [9.17, 15) is 9.59 Å². The fourth-order valence-electron chi connectivity index (χ4n) is 1.82. The molecule has 0 spiro atoms. The van der Waals surface area contributed by atoms with Gasteiger partial charge in [0, 0.05) is 6.54 Å². The summed E-state index contributed by atoms with van der Waals surface area (Å²) in [6.07, 6.45) is 4.00. The molecule has 1 N–H and O–H groups in total. The Bertz CT molecular complexity index is 371. The molecule has 0 unspecified atom stereocenters. The zero-order chi connectivity index (χ0) is 10.8. The van der Waals surface area contributed by atoms with Gasteiger partial charge in [0.2, 0.25) is 0 Å². The van der Waals surface area contributed by atoms with E-state index < -0.39 is 12.0 Å². The van der Waals surface area contributed by atoms with Crippen molar-refractivity contribution in [1.29, 1.82) is 0 Å². The average Bonchev–Trinajstić information content (AvgIpc) is 2.88. The Morgan fingerprint density at radius 1 is 1.53 bits per heavy atom. The zero-order valence-electron chi connectivity index (χ0n) is 8.05. The van der Waals surface area contributed by atoms with E-state index in [0.717, 1.165) is 6.42 Å². The lowest BCUT2D eigenvalue weighted by Crippen LogP contribution is -2.40. The van der Waals surface area contributed by atoms with Crippen molar-refractivity contribution in [3.63, 3.8) is 0 Å². The Morgan fingerprint density at radius 2 is 2.33 bits per heavy atom. The lowest BCUT2D eigenvalue weighted by atomic mass is 10.2. The van der Waals surface area contributed by atoms with Gasteiger partial charge in [0.15, 0.2) is 0 Å². The molecular formula is C10H11NO4. The number of hydrogen-bond donors (Lipinski definition) is 1. The largest absolute Gasteiger partial charge is 0.480 e. The van der Waals surface area contributed by atoms with Crippen LogP contribution < -0.4 is 0 Å². The van der Waals surface area contributed by atoms with E-state index in [0.29, 0.717) is 18.5 Å². The highest BCUT2D eigenvalue weighted by Crippen LogP contribution is 2.20. The van der Waals surface area contributed by atoms with Gasteiger partial charge in [-0.25, -0.2) is 4.79 Å². The molecule has 1 atom stereocenters. The number of carbonyl (C=O) groups excluding carboxylic acids is 1. The predicted octanol–water partition coefficient (Wildman–Crippen LogP) is 0.969. The summed E-state index contributed by atoms with van der Waals surface area (Å²) >= 11 is 0. The van der Waals surface area contributed by atoms with E-state index in [-0.39, 0.29) is 5.91 Å². The van der Waals surface area contributed by atoms with E-state index >= 15 is 0 Å². The molecule has 1 aliphatic heterocycles. The van der Waals surface area contributed by atoms with Crippen LogP contribution in [0.1, 0.15) is 23.2 Å². The molecule has 0 aliphatic carbocycles. The molecule has 1 aliphatic rings. The minimum absolute atomic E-state index is 0.270. The number of aliphatic carboxylic acids is 1. The maximum absolute atomic E-state index is 11.8. The van der Waals surface area contributed by atoms with Gasteiger partial charge in [-0.1, -0.05) is 0 Å². The van der Waals surface area contributed by atoms with Crippen LogP contribution in [0.25, 0.3) is 0 Å². The number of furan rings is 1. The SMILES string of the molecule is O=C(O)[C@H]1CCCN1C(=O)c1ccoc1. The van der Waals surface area contributed by atoms with Crippen molar-refractivity contribution < 1.29 is 19.1 Å². The quantitative estimate of drug-likeness (QED) is 0.787. The molecule has 1 aromatic rings. The van der Waals surface area contributed by atoms with E-state index in [4.69, 9.17) is 9.52 Å². The highest BCUT2D eigenvalue weighted by molar-refractivity contribution is 5.96. The Balaban J connectivity index is 2.17. The van der Waals surface area contributed by atoms with Crippen molar-refractivity contribution in [3.05, 3.63) is 24.2 Å². The molecule has 5 heteroatoms. The molecule has 1 saturated heterocycles. The fraction of sp³-hybridized carbons (Fsp3) is 0.400. The molecule has 0 aromatic carbocycles. The summed E-state index contributed by atoms with van der Waals surface area (Å²) in [7, 11) is 0. The minimum Gasteiger partial charge on any atom is -0.480 e. The van der Waals surface area contributed by atoms with E-state index in [2.05, 4.69) is 0 Å². The Hall–Kier alpha value is -1.78. The summed E-state index contributed by atoms with van der Waals surface area (Å²) in [5, 5.41) is 8.91. The lowest BCUT2D eigenvalue weighted by Gasteiger charge is -2.20. The first-order valence-electron chi connectivity index (χ1n) is 4.76. The molecule has 1 fully saturated rings. The van der Waals surface area contributed by atoms with Gasteiger partial charge >= 0.3 is 5.97 Å². The first-order valence-corrected chi connectivity index (χ1v) is 4.76. The van der Waals surface area contributed by atoms with Gasteiger partial charge < -0.3 is 14.4 Å². The molecule has 2 heterocycles. The minimum atomic E-state index is -0.940. The van der Waals surface area contributed by atoms with Gasteiger partial charge in [0.25, 0.3) is 5.91 Å². The third kappa shape index (κ3) is 1.72. The molecule has 2 rings (SSSR count). The molecular weight excluding hydrogens is 198 g/mol. The van der Waals surface area contributed by atoms with Crippen LogP contribution in [0.3, 0.4) is 0 Å². The zero-order valence-corrected chi connectivity index (χ0v) is 8.05. The standard InChI is InChI=1S/C10H11NO4/c12-9(7-3-5-15-6-7)11-4-1-2-8(11)10(13)14/h3,5-6,8H,1-2,4H2,(H,13,14)/t8-/m1/s1. The number of amides is 1. The smallest absolute Gasteiger partial charge is 0.326 e. The summed E-state index contributed by atoms with van der Waals surface area (Å²) in [6.45, 7) is 0.501.